The number of carbonyl (C=O) groups excluding carboxylic acids is 1. The van der Waals surface area contributed by atoms with Crippen LogP contribution in [0.2, 0.25) is 0 Å². The Balaban J connectivity index is 1.83. The van der Waals surface area contributed by atoms with E-state index in [1.54, 1.807) is 0 Å². The van der Waals surface area contributed by atoms with Crippen molar-refractivity contribution in [2.75, 3.05) is 26.2 Å². The summed E-state index contributed by atoms with van der Waals surface area (Å²) in [7, 11) is 0. The number of amides is 1. The van der Waals surface area contributed by atoms with Gasteiger partial charge in [-0.15, -0.1) is 0 Å². The van der Waals surface area contributed by atoms with Crippen molar-refractivity contribution in [1.29, 1.82) is 0 Å². The molecule has 2 fully saturated rings. The summed E-state index contributed by atoms with van der Waals surface area (Å²) in [6, 6.07) is 0. The van der Waals surface area contributed by atoms with Gasteiger partial charge in [-0.05, 0) is 38.3 Å². The summed E-state index contributed by atoms with van der Waals surface area (Å²) in [6.45, 7) is 4.22. The Hall–Kier alpha value is -0.570. The second kappa shape index (κ2) is 5.50. The SMILES string of the molecule is O=C1CCCCCCN1CC1CCNC1. The van der Waals surface area contributed by atoms with Gasteiger partial charge in [0.25, 0.3) is 0 Å². The van der Waals surface area contributed by atoms with E-state index >= 15 is 0 Å². The maximum Gasteiger partial charge on any atom is 0.222 e. The Bertz CT molecular complexity index is 212. The van der Waals surface area contributed by atoms with Crippen molar-refractivity contribution in [3.05, 3.63) is 0 Å². The van der Waals surface area contributed by atoms with E-state index in [0.717, 1.165) is 39.0 Å². The average molecular weight is 210 g/mol. The van der Waals surface area contributed by atoms with Gasteiger partial charge in [0.1, 0.15) is 0 Å². The molecule has 1 amide bonds. The Labute approximate surface area is 92.2 Å². The van der Waals surface area contributed by atoms with E-state index in [1.165, 1.54) is 25.7 Å². The molecule has 0 bridgehead atoms. The van der Waals surface area contributed by atoms with E-state index in [9.17, 15) is 4.79 Å². The molecule has 15 heavy (non-hydrogen) atoms. The number of likely N-dealkylation sites (tertiary alicyclic amines) is 1. The van der Waals surface area contributed by atoms with Crippen LogP contribution in [0.5, 0.6) is 0 Å². The van der Waals surface area contributed by atoms with Gasteiger partial charge in [-0.1, -0.05) is 12.8 Å². The summed E-state index contributed by atoms with van der Waals surface area (Å²) >= 11 is 0. The van der Waals surface area contributed by atoms with Crippen LogP contribution in [-0.4, -0.2) is 37.0 Å². The minimum atomic E-state index is 0.390. The Morgan fingerprint density at radius 2 is 2.13 bits per heavy atom. The third-order valence-corrected chi connectivity index (χ3v) is 3.56. The van der Waals surface area contributed by atoms with Gasteiger partial charge < -0.3 is 10.2 Å². The molecule has 86 valence electrons. The molecule has 2 aliphatic heterocycles. The number of carbonyl (C=O) groups is 1. The van der Waals surface area contributed by atoms with Crippen molar-refractivity contribution >= 4 is 5.91 Å². The monoisotopic (exact) mass is 210 g/mol. The molecule has 0 saturated carbocycles. The quantitative estimate of drug-likeness (QED) is 0.747. The molecular formula is C12H22N2O. The molecule has 1 atom stereocenters. The summed E-state index contributed by atoms with van der Waals surface area (Å²) < 4.78 is 0. The highest BCUT2D eigenvalue weighted by Gasteiger charge is 2.21. The maximum atomic E-state index is 11.9. The largest absolute Gasteiger partial charge is 0.342 e. The lowest BCUT2D eigenvalue weighted by molar-refractivity contribution is -0.132. The van der Waals surface area contributed by atoms with Crippen LogP contribution in [0.1, 0.15) is 38.5 Å². The first-order chi connectivity index (χ1) is 7.36. The fraction of sp³-hybridized carbons (Fsp3) is 0.917. The van der Waals surface area contributed by atoms with Crippen LogP contribution in [-0.2, 0) is 4.79 Å². The molecule has 0 aromatic heterocycles. The summed E-state index contributed by atoms with van der Waals surface area (Å²) in [5.41, 5.74) is 0. The first kappa shape index (κ1) is 10.9. The summed E-state index contributed by atoms with van der Waals surface area (Å²) in [6.07, 6.45) is 6.85. The average Bonchev–Trinajstić information content (AvgIpc) is 2.70. The first-order valence-electron chi connectivity index (χ1n) is 6.35. The topological polar surface area (TPSA) is 32.3 Å². The highest BCUT2D eigenvalue weighted by atomic mass is 16.2. The molecule has 1 N–H and O–H groups in total. The maximum absolute atomic E-state index is 11.9. The van der Waals surface area contributed by atoms with Crippen molar-refractivity contribution in [1.82, 2.24) is 10.2 Å². The Kier molecular flexibility index (Phi) is 4.01. The summed E-state index contributed by atoms with van der Waals surface area (Å²) in [5.74, 6) is 1.09. The second-order valence-corrected chi connectivity index (χ2v) is 4.86. The van der Waals surface area contributed by atoms with E-state index in [4.69, 9.17) is 0 Å². The molecule has 0 radical (unpaired) electrons. The van der Waals surface area contributed by atoms with Gasteiger partial charge in [0.2, 0.25) is 5.91 Å². The summed E-state index contributed by atoms with van der Waals surface area (Å²) in [4.78, 5) is 14.0. The van der Waals surface area contributed by atoms with E-state index in [-0.39, 0.29) is 0 Å². The van der Waals surface area contributed by atoms with Gasteiger partial charge in [-0.3, -0.25) is 4.79 Å². The van der Waals surface area contributed by atoms with E-state index in [2.05, 4.69) is 10.2 Å². The van der Waals surface area contributed by atoms with Crippen LogP contribution in [0.3, 0.4) is 0 Å². The molecule has 2 saturated heterocycles. The normalized spacial score (nSPS) is 28.9. The smallest absolute Gasteiger partial charge is 0.222 e. The van der Waals surface area contributed by atoms with Crippen molar-refractivity contribution in [2.24, 2.45) is 5.92 Å². The third-order valence-electron chi connectivity index (χ3n) is 3.56. The lowest BCUT2D eigenvalue weighted by Crippen LogP contribution is -2.37. The second-order valence-electron chi connectivity index (χ2n) is 4.86. The molecule has 0 aromatic rings. The molecule has 0 aliphatic carbocycles. The fourth-order valence-electron chi connectivity index (χ4n) is 2.59. The van der Waals surface area contributed by atoms with E-state index in [1.807, 2.05) is 0 Å². The number of hydrogen-bond donors (Lipinski definition) is 1. The minimum absolute atomic E-state index is 0.390. The molecule has 2 aliphatic rings. The van der Waals surface area contributed by atoms with Gasteiger partial charge in [0.05, 0.1) is 0 Å². The molecule has 3 heteroatoms. The highest BCUT2D eigenvalue weighted by molar-refractivity contribution is 5.76. The molecule has 2 rings (SSSR count). The zero-order chi connectivity index (χ0) is 10.5. The molecule has 3 nitrogen and oxygen atoms in total. The van der Waals surface area contributed by atoms with Gasteiger partial charge in [-0.25, -0.2) is 0 Å². The number of nitrogens with zero attached hydrogens (tertiary/aromatic N) is 1. The van der Waals surface area contributed by atoms with Crippen molar-refractivity contribution in [3.8, 4) is 0 Å². The number of nitrogens with one attached hydrogen (secondary N) is 1. The third kappa shape index (κ3) is 3.20. The van der Waals surface area contributed by atoms with Crippen LogP contribution in [0.25, 0.3) is 0 Å². The molecule has 1 unspecified atom stereocenters. The molecule has 2 heterocycles. The van der Waals surface area contributed by atoms with Crippen LogP contribution in [0.4, 0.5) is 0 Å². The number of rotatable bonds is 2. The Morgan fingerprint density at radius 1 is 1.27 bits per heavy atom. The molecular weight excluding hydrogens is 188 g/mol. The van der Waals surface area contributed by atoms with Crippen molar-refractivity contribution in [2.45, 2.75) is 38.5 Å². The van der Waals surface area contributed by atoms with Crippen LogP contribution in [0, 0.1) is 5.92 Å². The predicted molar refractivity (Wildman–Crippen MR) is 60.6 cm³/mol. The molecule has 0 spiro atoms. The fourth-order valence-corrected chi connectivity index (χ4v) is 2.59. The van der Waals surface area contributed by atoms with Gasteiger partial charge >= 0.3 is 0 Å². The standard InChI is InChI=1S/C12H22N2O/c15-12-5-3-1-2-4-8-14(12)10-11-6-7-13-9-11/h11,13H,1-10H2. The first-order valence-corrected chi connectivity index (χ1v) is 6.35. The van der Waals surface area contributed by atoms with Gasteiger partial charge in [-0.2, -0.15) is 0 Å². The minimum Gasteiger partial charge on any atom is -0.342 e. The van der Waals surface area contributed by atoms with Gasteiger partial charge in [0, 0.05) is 19.5 Å². The van der Waals surface area contributed by atoms with E-state index < -0.39 is 0 Å². The summed E-state index contributed by atoms with van der Waals surface area (Å²) in [5, 5.41) is 3.37. The van der Waals surface area contributed by atoms with Gasteiger partial charge in [0.15, 0.2) is 0 Å². The van der Waals surface area contributed by atoms with E-state index in [0.29, 0.717) is 11.8 Å². The van der Waals surface area contributed by atoms with Crippen LogP contribution >= 0.6 is 0 Å². The van der Waals surface area contributed by atoms with Crippen molar-refractivity contribution in [3.63, 3.8) is 0 Å². The Morgan fingerprint density at radius 3 is 2.93 bits per heavy atom. The number of hydrogen-bond acceptors (Lipinski definition) is 2. The highest BCUT2D eigenvalue weighted by Crippen LogP contribution is 2.15. The van der Waals surface area contributed by atoms with Crippen molar-refractivity contribution < 1.29 is 4.79 Å². The van der Waals surface area contributed by atoms with Crippen LogP contribution < -0.4 is 5.32 Å². The van der Waals surface area contributed by atoms with Crippen LogP contribution in [0.15, 0.2) is 0 Å². The molecule has 0 aromatic carbocycles. The zero-order valence-corrected chi connectivity index (χ0v) is 9.50. The lowest BCUT2D eigenvalue weighted by atomic mass is 10.0. The predicted octanol–water partition coefficient (Wildman–Crippen LogP) is 1.39. The lowest BCUT2D eigenvalue weighted by Gasteiger charge is -2.27. The zero-order valence-electron chi connectivity index (χ0n) is 9.50.